The van der Waals surface area contributed by atoms with Gasteiger partial charge in [0.05, 0.1) is 11.8 Å². The Bertz CT molecular complexity index is 727. The Morgan fingerprint density at radius 1 is 1.04 bits per heavy atom. The van der Waals surface area contributed by atoms with Crippen molar-refractivity contribution in [3.63, 3.8) is 0 Å². The van der Waals surface area contributed by atoms with E-state index >= 15 is 0 Å². The fourth-order valence-corrected chi connectivity index (χ4v) is 2.55. The third kappa shape index (κ3) is 4.81. The number of hydrogen-bond acceptors (Lipinski definition) is 4. The molecule has 0 aromatic heterocycles. The molecule has 6 nitrogen and oxygen atoms in total. The van der Waals surface area contributed by atoms with Crippen molar-refractivity contribution < 1.29 is 19.1 Å². The summed E-state index contributed by atoms with van der Waals surface area (Å²) in [6.07, 6.45) is 1.87. The highest BCUT2D eigenvalue weighted by molar-refractivity contribution is 6.39. The molecule has 0 spiro atoms. The lowest BCUT2D eigenvalue weighted by molar-refractivity contribution is -0.136. The average molecular weight is 340 g/mol. The van der Waals surface area contributed by atoms with Gasteiger partial charge in [0.1, 0.15) is 5.75 Å². The molecule has 2 N–H and O–H groups in total. The number of benzene rings is 2. The summed E-state index contributed by atoms with van der Waals surface area (Å²) in [5, 5.41) is 5.19. The maximum Gasteiger partial charge on any atom is 0.313 e. The number of carbonyl (C=O) groups excluding carboxylic acids is 2. The van der Waals surface area contributed by atoms with E-state index in [4.69, 9.17) is 9.47 Å². The Morgan fingerprint density at radius 3 is 2.56 bits per heavy atom. The maximum atomic E-state index is 12.1. The highest BCUT2D eigenvalue weighted by Crippen LogP contribution is 2.28. The van der Waals surface area contributed by atoms with Gasteiger partial charge < -0.3 is 20.1 Å². The van der Waals surface area contributed by atoms with Gasteiger partial charge >= 0.3 is 11.8 Å². The standard InChI is InChI=1S/C19H20N2O4/c22-18(20-13-15-9-6-12-24-15)19(23)21-16-10-4-5-11-17(16)25-14-7-2-1-3-8-14/h1-5,7-8,10-11,15H,6,9,12-13H2,(H,20,22)(H,21,23). The molecular weight excluding hydrogens is 320 g/mol. The summed E-state index contributed by atoms with van der Waals surface area (Å²) < 4.78 is 11.2. The van der Waals surface area contributed by atoms with Crippen LogP contribution in [0.5, 0.6) is 11.5 Å². The molecule has 130 valence electrons. The Balaban J connectivity index is 1.59. The number of anilines is 1. The molecule has 1 saturated heterocycles. The largest absolute Gasteiger partial charge is 0.455 e. The highest BCUT2D eigenvalue weighted by Gasteiger charge is 2.20. The number of carbonyl (C=O) groups is 2. The number of para-hydroxylation sites is 3. The first-order valence-corrected chi connectivity index (χ1v) is 8.25. The smallest absolute Gasteiger partial charge is 0.313 e. The summed E-state index contributed by atoms with van der Waals surface area (Å²) in [4.78, 5) is 24.1. The monoisotopic (exact) mass is 340 g/mol. The van der Waals surface area contributed by atoms with Crippen LogP contribution in [0.2, 0.25) is 0 Å². The van der Waals surface area contributed by atoms with Gasteiger partial charge in [-0.05, 0) is 37.1 Å². The number of hydrogen-bond donors (Lipinski definition) is 2. The van der Waals surface area contributed by atoms with Crippen LogP contribution in [0.25, 0.3) is 0 Å². The van der Waals surface area contributed by atoms with Gasteiger partial charge in [-0.2, -0.15) is 0 Å². The second-order valence-electron chi connectivity index (χ2n) is 5.71. The van der Waals surface area contributed by atoms with Crippen molar-refractivity contribution in [3.05, 3.63) is 54.6 Å². The Hall–Kier alpha value is -2.86. The minimum Gasteiger partial charge on any atom is -0.455 e. The molecule has 1 atom stereocenters. The fourth-order valence-electron chi connectivity index (χ4n) is 2.55. The maximum absolute atomic E-state index is 12.1. The van der Waals surface area contributed by atoms with E-state index in [0.717, 1.165) is 12.8 Å². The molecule has 6 heteroatoms. The first kappa shape index (κ1) is 17.0. The zero-order valence-electron chi connectivity index (χ0n) is 13.7. The van der Waals surface area contributed by atoms with Crippen LogP contribution in [-0.2, 0) is 14.3 Å². The second kappa shape index (κ2) is 8.30. The topological polar surface area (TPSA) is 76.7 Å². The zero-order chi connectivity index (χ0) is 17.5. The molecule has 25 heavy (non-hydrogen) atoms. The van der Waals surface area contributed by atoms with Crippen molar-refractivity contribution in [3.8, 4) is 11.5 Å². The molecule has 0 aliphatic carbocycles. The number of amides is 2. The van der Waals surface area contributed by atoms with Gasteiger partial charge in [0.15, 0.2) is 5.75 Å². The lowest BCUT2D eigenvalue weighted by Crippen LogP contribution is -2.39. The van der Waals surface area contributed by atoms with Gasteiger partial charge in [-0.15, -0.1) is 0 Å². The highest BCUT2D eigenvalue weighted by atomic mass is 16.5. The molecule has 1 heterocycles. The van der Waals surface area contributed by atoms with E-state index in [1.807, 2.05) is 30.3 Å². The van der Waals surface area contributed by atoms with E-state index in [9.17, 15) is 9.59 Å². The molecule has 1 unspecified atom stereocenters. The molecule has 1 aliphatic heterocycles. The molecule has 0 saturated carbocycles. The summed E-state index contributed by atoms with van der Waals surface area (Å²) >= 11 is 0. The summed E-state index contributed by atoms with van der Waals surface area (Å²) in [6.45, 7) is 1.05. The molecule has 2 aromatic carbocycles. The van der Waals surface area contributed by atoms with Crippen LogP contribution in [-0.4, -0.2) is 31.1 Å². The fraction of sp³-hybridized carbons (Fsp3) is 0.263. The summed E-state index contributed by atoms with van der Waals surface area (Å²) in [6, 6.07) is 16.2. The lowest BCUT2D eigenvalue weighted by atomic mass is 10.2. The van der Waals surface area contributed by atoms with E-state index in [-0.39, 0.29) is 6.10 Å². The van der Waals surface area contributed by atoms with Crippen LogP contribution in [0.4, 0.5) is 5.69 Å². The van der Waals surface area contributed by atoms with E-state index in [1.54, 1.807) is 24.3 Å². The second-order valence-corrected chi connectivity index (χ2v) is 5.71. The Morgan fingerprint density at radius 2 is 1.80 bits per heavy atom. The normalized spacial score (nSPS) is 16.2. The molecule has 2 amide bonds. The third-order valence-electron chi connectivity index (χ3n) is 3.83. The molecule has 0 bridgehead atoms. The predicted molar refractivity (Wildman–Crippen MR) is 93.6 cm³/mol. The van der Waals surface area contributed by atoms with E-state index in [1.165, 1.54) is 0 Å². The SMILES string of the molecule is O=C(NCC1CCCO1)C(=O)Nc1ccccc1Oc1ccccc1. The zero-order valence-corrected chi connectivity index (χ0v) is 13.7. The minimum atomic E-state index is -0.734. The average Bonchev–Trinajstić information content (AvgIpc) is 3.16. The van der Waals surface area contributed by atoms with Gasteiger partial charge in [-0.3, -0.25) is 9.59 Å². The summed E-state index contributed by atoms with van der Waals surface area (Å²) in [5.74, 6) is -0.312. The Kier molecular flexibility index (Phi) is 5.64. The van der Waals surface area contributed by atoms with Gasteiger partial charge in [0.25, 0.3) is 0 Å². The molecular formula is C19H20N2O4. The molecule has 1 fully saturated rings. The van der Waals surface area contributed by atoms with Crippen LogP contribution in [0.3, 0.4) is 0 Å². The first-order chi connectivity index (χ1) is 12.2. The van der Waals surface area contributed by atoms with Gasteiger partial charge in [0.2, 0.25) is 0 Å². The van der Waals surface area contributed by atoms with Crippen molar-refractivity contribution in [1.82, 2.24) is 5.32 Å². The summed E-state index contributed by atoms with van der Waals surface area (Å²) in [7, 11) is 0. The molecule has 0 radical (unpaired) electrons. The predicted octanol–water partition coefficient (Wildman–Crippen LogP) is 2.71. The van der Waals surface area contributed by atoms with E-state index in [0.29, 0.717) is 30.3 Å². The third-order valence-corrected chi connectivity index (χ3v) is 3.83. The Labute approximate surface area is 146 Å². The number of rotatable bonds is 5. The van der Waals surface area contributed by atoms with Gasteiger partial charge in [0, 0.05) is 13.2 Å². The molecule has 3 rings (SSSR count). The van der Waals surface area contributed by atoms with E-state index < -0.39 is 11.8 Å². The number of nitrogens with one attached hydrogen (secondary N) is 2. The van der Waals surface area contributed by atoms with Crippen molar-refractivity contribution in [2.75, 3.05) is 18.5 Å². The van der Waals surface area contributed by atoms with E-state index in [2.05, 4.69) is 10.6 Å². The molecule has 2 aromatic rings. The number of ether oxygens (including phenoxy) is 2. The van der Waals surface area contributed by atoms with Crippen LogP contribution in [0.1, 0.15) is 12.8 Å². The lowest BCUT2D eigenvalue weighted by Gasteiger charge is -2.13. The van der Waals surface area contributed by atoms with Gasteiger partial charge in [-0.1, -0.05) is 30.3 Å². The summed E-state index contributed by atoms with van der Waals surface area (Å²) in [5.41, 5.74) is 0.434. The van der Waals surface area contributed by atoms with Gasteiger partial charge in [-0.25, -0.2) is 0 Å². The van der Waals surface area contributed by atoms with Crippen LogP contribution in [0, 0.1) is 0 Å². The van der Waals surface area contributed by atoms with Crippen molar-refractivity contribution in [2.45, 2.75) is 18.9 Å². The van der Waals surface area contributed by atoms with Crippen molar-refractivity contribution in [2.24, 2.45) is 0 Å². The van der Waals surface area contributed by atoms with Crippen LogP contribution < -0.4 is 15.4 Å². The van der Waals surface area contributed by atoms with Crippen molar-refractivity contribution >= 4 is 17.5 Å². The first-order valence-electron chi connectivity index (χ1n) is 8.25. The quantitative estimate of drug-likeness (QED) is 0.821. The molecule has 1 aliphatic rings. The van der Waals surface area contributed by atoms with Crippen LogP contribution in [0.15, 0.2) is 54.6 Å². The van der Waals surface area contributed by atoms with Crippen molar-refractivity contribution in [1.29, 1.82) is 0 Å². The van der Waals surface area contributed by atoms with Crippen LogP contribution >= 0.6 is 0 Å². The minimum absolute atomic E-state index is 0.00884.